The van der Waals surface area contributed by atoms with Gasteiger partial charge in [0, 0.05) is 11.6 Å². The number of hydrogen-bond donors (Lipinski definition) is 1. The van der Waals surface area contributed by atoms with Gasteiger partial charge in [-0.1, -0.05) is 6.42 Å². The van der Waals surface area contributed by atoms with Crippen molar-refractivity contribution in [3.8, 4) is 11.5 Å². The van der Waals surface area contributed by atoms with E-state index in [1.165, 1.54) is 26.0 Å². The standard InChI is InChI=1S/C14H20FNO2/c1-9-8-10(15)13(17-2)14(18-3)12(9)11-6-4-5-7-16-11/h8,11,16H,4-7H2,1-3H3. The molecule has 0 aromatic heterocycles. The highest BCUT2D eigenvalue weighted by molar-refractivity contribution is 5.53. The van der Waals surface area contributed by atoms with Crippen LogP contribution in [-0.2, 0) is 0 Å². The normalized spacial score (nSPS) is 19.7. The van der Waals surface area contributed by atoms with Crippen molar-refractivity contribution in [2.24, 2.45) is 0 Å². The Balaban J connectivity index is 2.49. The molecule has 18 heavy (non-hydrogen) atoms. The summed E-state index contributed by atoms with van der Waals surface area (Å²) < 4.78 is 24.3. The van der Waals surface area contributed by atoms with E-state index in [1.54, 1.807) is 7.11 Å². The molecular weight excluding hydrogens is 233 g/mol. The molecule has 1 aromatic carbocycles. The van der Waals surface area contributed by atoms with Crippen LogP contribution in [0, 0.1) is 12.7 Å². The predicted octanol–water partition coefficient (Wildman–Crippen LogP) is 2.97. The van der Waals surface area contributed by atoms with Crippen LogP contribution in [0.1, 0.15) is 36.4 Å². The second kappa shape index (κ2) is 5.57. The van der Waals surface area contributed by atoms with Gasteiger partial charge in [0.25, 0.3) is 0 Å². The summed E-state index contributed by atoms with van der Waals surface area (Å²) in [5, 5.41) is 3.46. The molecular formula is C14H20FNO2. The largest absolute Gasteiger partial charge is 0.492 e. The topological polar surface area (TPSA) is 30.5 Å². The van der Waals surface area contributed by atoms with Crippen LogP contribution in [0.5, 0.6) is 11.5 Å². The number of benzene rings is 1. The summed E-state index contributed by atoms with van der Waals surface area (Å²) in [6, 6.07) is 1.75. The average Bonchev–Trinajstić information content (AvgIpc) is 2.38. The maximum atomic E-state index is 13.8. The van der Waals surface area contributed by atoms with Crippen molar-refractivity contribution < 1.29 is 13.9 Å². The molecule has 1 atom stereocenters. The van der Waals surface area contributed by atoms with Crippen LogP contribution in [0.25, 0.3) is 0 Å². The lowest BCUT2D eigenvalue weighted by Crippen LogP contribution is -2.28. The fourth-order valence-corrected chi connectivity index (χ4v) is 2.67. The molecule has 1 fully saturated rings. The van der Waals surface area contributed by atoms with Crippen molar-refractivity contribution in [3.63, 3.8) is 0 Å². The van der Waals surface area contributed by atoms with E-state index >= 15 is 0 Å². The first-order valence-corrected chi connectivity index (χ1v) is 6.33. The summed E-state index contributed by atoms with van der Waals surface area (Å²) in [5.74, 6) is 0.353. The molecule has 1 saturated heterocycles. The van der Waals surface area contributed by atoms with Crippen LogP contribution in [0.3, 0.4) is 0 Å². The van der Waals surface area contributed by atoms with Crippen molar-refractivity contribution in [2.75, 3.05) is 20.8 Å². The molecule has 0 saturated carbocycles. The molecule has 0 bridgehead atoms. The van der Waals surface area contributed by atoms with Gasteiger partial charge in [-0.2, -0.15) is 0 Å². The van der Waals surface area contributed by atoms with Gasteiger partial charge in [0.1, 0.15) is 0 Å². The minimum absolute atomic E-state index is 0.200. The van der Waals surface area contributed by atoms with E-state index < -0.39 is 0 Å². The van der Waals surface area contributed by atoms with E-state index in [2.05, 4.69) is 5.32 Å². The Kier molecular flexibility index (Phi) is 4.07. The third-order valence-corrected chi connectivity index (χ3v) is 3.50. The Morgan fingerprint density at radius 3 is 2.50 bits per heavy atom. The van der Waals surface area contributed by atoms with Gasteiger partial charge >= 0.3 is 0 Å². The molecule has 1 N–H and O–H groups in total. The van der Waals surface area contributed by atoms with Crippen molar-refractivity contribution in [1.82, 2.24) is 5.32 Å². The van der Waals surface area contributed by atoms with Crippen molar-refractivity contribution in [2.45, 2.75) is 32.2 Å². The second-order valence-corrected chi connectivity index (χ2v) is 4.66. The van der Waals surface area contributed by atoms with Gasteiger partial charge in [0.15, 0.2) is 17.3 Å². The number of piperidine rings is 1. The molecule has 1 aliphatic rings. The molecule has 100 valence electrons. The number of aryl methyl sites for hydroxylation is 1. The highest BCUT2D eigenvalue weighted by atomic mass is 19.1. The number of methoxy groups -OCH3 is 2. The van der Waals surface area contributed by atoms with Crippen LogP contribution in [-0.4, -0.2) is 20.8 Å². The van der Waals surface area contributed by atoms with Gasteiger partial charge in [-0.05, 0) is 37.9 Å². The zero-order valence-corrected chi connectivity index (χ0v) is 11.2. The molecule has 1 unspecified atom stereocenters. The summed E-state index contributed by atoms with van der Waals surface area (Å²) in [7, 11) is 3.03. The molecule has 0 aliphatic carbocycles. The molecule has 3 nitrogen and oxygen atoms in total. The predicted molar refractivity (Wildman–Crippen MR) is 68.8 cm³/mol. The molecule has 1 heterocycles. The Hall–Kier alpha value is -1.29. The van der Waals surface area contributed by atoms with Crippen LogP contribution in [0.15, 0.2) is 6.07 Å². The van der Waals surface area contributed by atoms with E-state index in [0.29, 0.717) is 5.75 Å². The Labute approximate surface area is 107 Å². The first-order chi connectivity index (χ1) is 8.69. The monoisotopic (exact) mass is 253 g/mol. The van der Waals surface area contributed by atoms with E-state index in [-0.39, 0.29) is 17.6 Å². The lowest BCUT2D eigenvalue weighted by atomic mass is 9.93. The number of ether oxygens (including phenoxy) is 2. The van der Waals surface area contributed by atoms with Gasteiger partial charge in [0.05, 0.1) is 14.2 Å². The van der Waals surface area contributed by atoms with E-state index in [0.717, 1.165) is 24.1 Å². The molecule has 0 spiro atoms. The Morgan fingerprint density at radius 2 is 1.94 bits per heavy atom. The minimum atomic E-state index is -0.369. The number of nitrogens with one attached hydrogen (secondary N) is 1. The first kappa shape index (κ1) is 13.1. The van der Waals surface area contributed by atoms with Gasteiger partial charge in [0.2, 0.25) is 0 Å². The summed E-state index contributed by atoms with van der Waals surface area (Å²) in [5.41, 5.74) is 1.93. The zero-order chi connectivity index (χ0) is 13.1. The maximum absolute atomic E-state index is 13.8. The van der Waals surface area contributed by atoms with Gasteiger partial charge in [-0.15, -0.1) is 0 Å². The highest BCUT2D eigenvalue weighted by Crippen LogP contribution is 2.41. The number of hydrogen-bond acceptors (Lipinski definition) is 3. The van der Waals surface area contributed by atoms with Crippen LogP contribution < -0.4 is 14.8 Å². The fourth-order valence-electron chi connectivity index (χ4n) is 2.67. The maximum Gasteiger partial charge on any atom is 0.197 e. The van der Waals surface area contributed by atoms with Gasteiger partial charge in [-0.3, -0.25) is 0 Å². The molecule has 0 radical (unpaired) electrons. The summed E-state index contributed by atoms with van der Waals surface area (Å²) in [6.07, 6.45) is 3.42. The lowest BCUT2D eigenvalue weighted by molar-refractivity contribution is 0.323. The van der Waals surface area contributed by atoms with Crippen LogP contribution >= 0.6 is 0 Å². The third kappa shape index (κ3) is 2.29. The molecule has 2 rings (SSSR count). The summed E-state index contributed by atoms with van der Waals surface area (Å²) >= 11 is 0. The highest BCUT2D eigenvalue weighted by Gasteiger charge is 2.25. The quantitative estimate of drug-likeness (QED) is 0.898. The molecule has 0 amide bonds. The lowest BCUT2D eigenvalue weighted by Gasteiger charge is -2.27. The van der Waals surface area contributed by atoms with E-state index in [4.69, 9.17) is 9.47 Å². The fraction of sp³-hybridized carbons (Fsp3) is 0.571. The Bertz CT molecular complexity index is 428. The third-order valence-electron chi connectivity index (χ3n) is 3.50. The van der Waals surface area contributed by atoms with Crippen molar-refractivity contribution in [3.05, 3.63) is 23.0 Å². The number of halogens is 1. The average molecular weight is 253 g/mol. The SMILES string of the molecule is COc1c(F)cc(C)c(C2CCCCN2)c1OC. The molecule has 1 aliphatic heterocycles. The summed E-state index contributed by atoms with van der Waals surface area (Å²) in [6.45, 7) is 2.91. The molecule has 1 aromatic rings. The Morgan fingerprint density at radius 1 is 1.22 bits per heavy atom. The summed E-state index contributed by atoms with van der Waals surface area (Å²) in [4.78, 5) is 0. The zero-order valence-electron chi connectivity index (χ0n) is 11.2. The van der Waals surface area contributed by atoms with Crippen molar-refractivity contribution >= 4 is 0 Å². The van der Waals surface area contributed by atoms with Crippen molar-refractivity contribution in [1.29, 1.82) is 0 Å². The second-order valence-electron chi connectivity index (χ2n) is 4.66. The van der Waals surface area contributed by atoms with Crippen LogP contribution in [0.2, 0.25) is 0 Å². The van der Waals surface area contributed by atoms with Gasteiger partial charge < -0.3 is 14.8 Å². The van der Waals surface area contributed by atoms with Crippen LogP contribution in [0.4, 0.5) is 4.39 Å². The number of rotatable bonds is 3. The minimum Gasteiger partial charge on any atom is -0.492 e. The molecule has 4 heteroatoms. The first-order valence-electron chi connectivity index (χ1n) is 6.33. The van der Waals surface area contributed by atoms with E-state index in [9.17, 15) is 4.39 Å². The van der Waals surface area contributed by atoms with E-state index in [1.807, 2.05) is 6.92 Å². The van der Waals surface area contributed by atoms with Gasteiger partial charge in [-0.25, -0.2) is 4.39 Å². The smallest absolute Gasteiger partial charge is 0.197 e.